The number of nitro groups is 1. The first kappa shape index (κ1) is 21.0. The maximum Gasteiger partial charge on any atom is 0.271 e. The molecule has 0 saturated heterocycles. The van der Waals surface area contributed by atoms with E-state index in [-0.39, 0.29) is 23.9 Å². The van der Waals surface area contributed by atoms with Crippen molar-refractivity contribution in [2.24, 2.45) is 0 Å². The Hall–Kier alpha value is -4.20. The van der Waals surface area contributed by atoms with Gasteiger partial charge in [-0.15, -0.1) is 0 Å². The van der Waals surface area contributed by atoms with Crippen molar-refractivity contribution in [2.45, 2.75) is 19.0 Å². The van der Waals surface area contributed by atoms with Gasteiger partial charge < -0.3 is 15.0 Å². The van der Waals surface area contributed by atoms with Gasteiger partial charge in [-0.25, -0.2) is 0 Å². The van der Waals surface area contributed by atoms with Gasteiger partial charge >= 0.3 is 0 Å². The van der Waals surface area contributed by atoms with Crippen molar-refractivity contribution < 1.29 is 19.2 Å². The molecule has 3 aromatic carbocycles. The first-order valence-electron chi connectivity index (χ1n) is 10.0. The normalized spacial score (nSPS) is 13.4. The Morgan fingerprint density at radius 2 is 1.88 bits per heavy atom. The van der Waals surface area contributed by atoms with Gasteiger partial charge in [0.25, 0.3) is 11.6 Å². The van der Waals surface area contributed by atoms with Crippen molar-refractivity contribution in [2.75, 3.05) is 12.4 Å². The van der Waals surface area contributed by atoms with Crippen LogP contribution in [0.3, 0.4) is 0 Å². The van der Waals surface area contributed by atoms with Crippen LogP contribution in [0.25, 0.3) is 0 Å². The number of hydrogen-bond donors (Lipinski definition) is 1. The Morgan fingerprint density at radius 3 is 2.56 bits per heavy atom. The number of rotatable bonds is 7. The molecule has 0 saturated carbocycles. The molecule has 0 fully saturated rings. The average molecular weight is 431 g/mol. The summed E-state index contributed by atoms with van der Waals surface area (Å²) in [4.78, 5) is 38.2. The van der Waals surface area contributed by atoms with Crippen LogP contribution in [0.2, 0.25) is 0 Å². The van der Waals surface area contributed by atoms with Crippen LogP contribution in [-0.2, 0) is 11.3 Å². The minimum absolute atomic E-state index is 0.00521. The van der Waals surface area contributed by atoms with Gasteiger partial charge in [-0.05, 0) is 35.4 Å². The fourth-order valence-corrected chi connectivity index (χ4v) is 3.85. The van der Waals surface area contributed by atoms with Crippen molar-refractivity contribution in [3.8, 4) is 5.75 Å². The Bertz CT molecular complexity index is 1180. The van der Waals surface area contributed by atoms with Gasteiger partial charge in [0.15, 0.2) is 0 Å². The minimum atomic E-state index is -0.518. The third-order valence-corrected chi connectivity index (χ3v) is 5.45. The molecule has 1 aliphatic rings. The molecule has 1 N–H and O–H groups in total. The summed E-state index contributed by atoms with van der Waals surface area (Å²) >= 11 is 0. The Labute approximate surface area is 184 Å². The first-order chi connectivity index (χ1) is 15.5. The molecule has 3 aromatic rings. The lowest BCUT2D eigenvalue weighted by molar-refractivity contribution is -0.384. The quantitative estimate of drug-likeness (QED) is 0.443. The zero-order valence-electron chi connectivity index (χ0n) is 17.4. The number of carbonyl (C=O) groups is 2. The summed E-state index contributed by atoms with van der Waals surface area (Å²) in [5.74, 6) is 0.184. The molecule has 1 heterocycles. The molecule has 4 rings (SSSR count). The van der Waals surface area contributed by atoms with E-state index in [1.807, 2.05) is 30.3 Å². The third kappa shape index (κ3) is 4.29. The number of fused-ring (bicyclic) bond motifs is 1. The molecule has 1 atom stereocenters. The maximum absolute atomic E-state index is 13.1. The van der Waals surface area contributed by atoms with Crippen molar-refractivity contribution in [3.05, 3.63) is 99.6 Å². The first-order valence-corrected chi connectivity index (χ1v) is 10.0. The SMILES string of the molecule is COc1ccc([C@H](CC(=O)Nc2cccc([N+](=O)[O-])c2)N2Cc3ccccc3C2=O)cc1. The summed E-state index contributed by atoms with van der Waals surface area (Å²) < 4.78 is 5.22. The van der Waals surface area contributed by atoms with E-state index in [1.54, 1.807) is 36.3 Å². The Balaban J connectivity index is 1.59. The largest absolute Gasteiger partial charge is 0.497 e. The van der Waals surface area contributed by atoms with E-state index in [0.717, 1.165) is 11.1 Å². The fraction of sp³-hybridized carbons (Fsp3) is 0.167. The predicted molar refractivity (Wildman–Crippen MR) is 118 cm³/mol. The molecule has 0 spiro atoms. The van der Waals surface area contributed by atoms with Gasteiger partial charge in [-0.3, -0.25) is 19.7 Å². The molecule has 8 heteroatoms. The van der Waals surface area contributed by atoms with Gasteiger partial charge in [-0.1, -0.05) is 36.4 Å². The summed E-state index contributed by atoms with van der Waals surface area (Å²) in [5.41, 5.74) is 2.55. The smallest absolute Gasteiger partial charge is 0.271 e. The number of amides is 2. The van der Waals surface area contributed by atoms with Crippen molar-refractivity contribution in [1.82, 2.24) is 4.90 Å². The third-order valence-electron chi connectivity index (χ3n) is 5.45. The van der Waals surface area contributed by atoms with Crippen LogP contribution >= 0.6 is 0 Å². The van der Waals surface area contributed by atoms with Gasteiger partial charge in [0.1, 0.15) is 5.75 Å². The lowest BCUT2D eigenvalue weighted by atomic mass is 10.0. The molecular weight excluding hydrogens is 410 g/mol. The molecule has 0 aliphatic carbocycles. The van der Waals surface area contributed by atoms with E-state index in [2.05, 4.69) is 5.32 Å². The van der Waals surface area contributed by atoms with E-state index in [1.165, 1.54) is 18.2 Å². The molecular formula is C24H21N3O5. The predicted octanol–water partition coefficient (Wildman–Crippen LogP) is 4.33. The second-order valence-electron chi connectivity index (χ2n) is 7.44. The van der Waals surface area contributed by atoms with E-state index < -0.39 is 11.0 Å². The molecule has 2 amide bonds. The average Bonchev–Trinajstić information content (AvgIpc) is 3.14. The molecule has 8 nitrogen and oxygen atoms in total. The maximum atomic E-state index is 13.1. The highest BCUT2D eigenvalue weighted by molar-refractivity contribution is 5.99. The molecule has 1 aliphatic heterocycles. The lowest BCUT2D eigenvalue weighted by Crippen LogP contribution is -2.32. The van der Waals surface area contributed by atoms with Crippen molar-refractivity contribution in [1.29, 1.82) is 0 Å². The van der Waals surface area contributed by atoms with Crippen LogP contribution in [-0.4, -0.2) is 28.7 Å². The molecule has 32 heavy (non-hydrogen) atoms. The Morgan fingerprint density at radius 1 is 1.12 bits per heavy atom. The highest BCUT2D eigenvalue weighted by atomic mass is 16.6. The van der Waals surface area contributed by atoms with Crippen LogP contribution in [0.5, 0.6) is 5.75 Å². The number of nitrogens with one attached hydrogen (secondary N) is 1. The lowest BCUT2D eigenvalue weighted by Gasteiger charge is -2.28. The number of benzene rings is 3. The number of non-ortho nitro benzene ring substituents is 1. The van der Waals surface area contributed by atoms with Gasteiger partial charge in [-0.2, -0.15) is 0 Å². The minimum Gasteiger partial charge on any atom is -0.497 e. The van der Waals surface area contributed by atoms with Gasteiger partial charge in [0.05, 0.1) is 24.5 Å². The van der Waals surface area contributed by atoms with E-state index >= 15 is 0 Å². The molecule has 0 aromatic heterocycles. The number of ether oxygens (including phenoxy) is 1. The number of methoxy groups -OCH3 is 1. The van der Waals surface area contributed by atoms with Gasteiger partial charge in [0.2, 0.25) is 5.91 Å². The standard InChI is InChI=1S/C24H21N3O5/c1-32-20-11-9-16(10-12-20)22(26-15-17-5-2-3-8-21(17)24(26)29)14-23(28)25-18-6-4-7-19(13-18)27(30)31/h2-13,22H,14-15H2,1H3,(H,25,28)/t22-/m0/s1. The van der Waals surface area contributed by atoms with Crippen LogP contribution in [0.1, 0.15) is 33.9 Å². The number of carbonyl (C=O) groups excluding carboxylic acids is 2. The molecule has 0 bridgehead atoms. The molecule has 0 unspecified atom stereocenters. The number of nitrogens with zero attached hydrogens (tertiary/aromatic N) is 2. The highest BCUT2D eigenvalue weighted by Gasteiger charge is 2.34. The highest BCUT2D eigenvalue weighted by Crippen LogP contribution is 2.34. The van der Waals surface area contributed by atoms with Crippen LogP contribution in [0.4, 0.5) is 11.4 Å². The second kappa shape index (κ2) is 8.89. The summed E-state index contributed by atoms with van der Waals surface area (Å²) in [6.45, 7) is 0.399. The number of anilines is 1. The van der Waals surface area contributed by atoms with Crippen molar-refractivity contribution >= 4 is 23.2 Å². The monoisotopic (exact) mass is 431 g/mol. The number of nitro benzene ring substituents is 1. The van der Waals surface area contributed by atoms with Crippen LogP contribution < -0.4 is 10.1 Å². The number of hydrogen-bond acceptors (Lipinski definition) is 5. The van der Waals surface area contributed by atoms with E-state index in [0.29, 0.717) is 23.5 Å². The van der Waals surface area contributed by atoms with Crippen molar-refractivity contribution in [3.63, 3.8) is 0 Å². The molecule has 0 radical (unpaired) electrons. The summed E-state index contributed by atoms with van der Waals surface area (Å²) in [7, 11) is 1.57. The topological polar surface area (TPSA) is 102 Å². The van der Waals surface area contributed by atoms with Gasteiger partial charge in [0, 0.05) is 29.9 Å². The fourth-order valence-electron chi connectivity index (χ4n) is 3.85. The Kier molecular flexibility index (Phi) is 5.85. The summed E-state index contributed by atoms with van der Waals surface area (Å²) in [6, 6.07) is 19.9. The summed E-state index contributed by atoms with van der Waals surface area (Å²) in [6.07, 6.45) is -0.00521. The zero-order chi connectivity index (χ0) is 22.7. The second-order valence-corrected chi connectivity index (χ2v) is 7.44. The zero-order valence-corrected chi connectivity index (χ0v) is 17.4. The van der Waals surface area contributed by atoms with Crippen LogP contribution in [0, 0.1) is 10.1 Å². The van der Waals surface area contributed by atoms with E-state index in [9.17, 15) is 19.7 Å². The van der Waals surface area contributed by atoms with Crippen LogP contribution in [0.15, 0.2) is 72.8 Å². The molecule has 162 valence electrons. The van der Waals surface area contributed by atoms with E-state index in [4.69, 9.17) is 4.74 Å². The summed E-state index contributed by atoms with van der Waals surface area (Å²) in [5, 5.41) is 13.7.